The average Bonchev–Trinajstić information content (AvgIpc) is 3.24. The first-order valence-electron chi connectivity index (χ1n) is 7.62. The van der Waals surface area contributed by atoms with E-state index in [1.54, 1.807) is 6.20 Å². The highest BCUT2D eigenvalue weighted by atomic mass is 35.5. The third kappa shape index (κ3) is 3.26. The fourth-order valence-electron chi connectivity index (χ4n) is 2.66. The highest BCUT2D eigenvalue weighted by Crippen LogP contribution is 2.26. The van der Waals surface area contributed by atoms with Crippen molar-refractivity contribution in [1.82, 2.24) is 14.4 Å². The molecule has 0 spiro atoms. The Kier molecular flexibility index (Phi) is 4.21. The molecule has 0 fully saturated rings. The molecule has 1 amide bonds. The van der Waals surface area contributed by atoms with Crippen LogP contribution in [0.4, 0.5) is 5.13 Å². The Morgan fingerprint density at radius 3 is 2.80 bits per heavy atom. The van der Waals surface area contributed by atoms with Gasteiger partial charge in [-0.15, -0.1) is 11.3 Å². The van der Waals surface area contributed by atoms with Crippen molar-refractivity contribution in [2.24, 2.45) is 0 Å². The number of halogens is 1. The summed E-state index contributed by atoms with van der Waals surface area (Å²) in [6.07, 6.45) is 3.77. The molecular formula is C18H13ClN4OS. The number of nitrogens with zero attached hydrogens (tertiary/aromatic N) is 3. The summed E-state index contributed by atoms with van der Waals surface area (Å²) in [6.45, 7) is 0. The quantitative estimate of drug-likeness (QED) is 0.584. The molecule has 4 rings (SSSR count). The molecule has 0 aliphatic rings. The van der Waals surface area contributed by atoms with Crippen LogP contribution in [-0.2, 0) is 11.2 Å². The van der Waals surface area contributed by atoms with Crippen LogP contribution in [0.2, 0.25) is 5.02 Å². The van der Waals surface area contributed by atoms with Gasteiger partial charge in [0.05, 0.1) is 17.8 Å². The molecule has 1 aromatic carbocycles. The summed E-state index contributed by atoms with van der Waals surface area (Å²) in [5, 5.41) is 5.89. The number of benzene rings is 1. The molecule has 0 atom stereocenters. The molecule has 1 N–H and O–H groups in total. The Bertz CT molecular complexity index is 1030. The lowest BCUT2D eigenvalue weighted by molar-refractivity contribution is -0.115. The van der Waals surface area contributed by atoms with Gasteiger partial charge in [-0.3, -0.25) is 4.79 Å². The van der Waals surface area contributed by atoms with Crippen LogP contribution in [0.15, 0.2) is 60.2 Å². The van der Waals surface area contributed by atoms with E-state index in [0.29, 0.717) is 10.2 Å². The zero-order chi connectivity index (χ0) is 17.2. The molecule has 0 aliphatic carbocycles. The van der Waals surface area contributed by atoms with Crippen LogP contribution in [-0.4, -0.2) is 20.3 Å². The van der Waals surface area contributed by atoms with E-state index in [0.717, 1.165) is 22.6 Å². The first-order chi connectivity index (χ1) is 12.2. The number of hydrogen-bond acceptors (Lipinski definition) is 4. The van der Waals surface area contributed by atoms with Crippen molar-refractivity contribution < 1.29 is 4.79 Å². The lowest BCUT2D eigenvalue weighted by Gasteiger charge is -2.06. The van der Waals surface area contributed by atoms with Crippen LogP contribution in [0.3, 0.4) is 0 Å². The van der Waals surface area contributed by atoms with Gasteiger partial charge in [0.2, 0.25) is 5.91 Å². The number of thiazole rings is 1. The number of amides is 1. The van der Waals surface area contributed by atoms with Crippen molar-refractivity contribution >= 4 is 39.6 Å². The molecule has 124 valence electrons. The largest absolute Gasteiger partial charge is 0.303 e. The van der Waals surface area contributed by atoms with Crippen molar-refractivity contribution in [2.45, 2.75) is 6.42 Å². The Labute approximate surface area is 152 Å². The Morgan fingerprint density at radius 2 is 2.04 bits per heavy atom. The average molecular weight is 369 g/mol. The highest BCUT2D eigenvalue weighted by molar-refractivity contribution is 7.13. The van der Waals surface area contributed by atoms with Crippen molar-refractivity contribution in [2.75, 3.05) is 5.32 Å². The van der Waals surface area contributed by atoms with Gasteiger partial charge in [0.1, 0.15) is 5.65 Å². The van der Waals surface area contributed by atoms with Crippen molar-refractivity contribution in [3.8, 4) is 11.3 Å². The van der Waals surface area contributed by atoms with Crippen molar-refractivity contribution in [3.63, 3.8) is 0 Å². The van der Waals surface area contributed by atoms with E-state index in [1.807, 2.05) is 58.4 Å². The molecule has 3 aromatic heterocycles. The number of pyridine rings is 1. The van der Waals surface area contributed by atoms with Gasteiger partial charge in [0.15, 0.2) is 5.13 Å². The highest BCUT2D eigenvalue weighted by Gasteiger charge is 2.17. The minimum atomic E-state index is -0.129. The van der Waals surface area contributed by atoms with E-state index in [4.69, 9.17) is 11.6 Å². The molecule has 25 heavy (non-hydrogen) atoms. The van der Waals surface area contributed by atoms with Crippen molar-refractivity contribution in [1.29, 1.82) is 0 Å². The zero-order valence-corrected chi connectivity index (χ0v) is 14.6. The van der Waals surface area contributed by atoms with Gasteiger partial charge < -0.3 is 9.72 Å². The first kappa shape index (κ1) is 15.8. The van der Waals surface area contributed by atoms with Gasteiger partial charge >= 0.3 is 0 Å². The summed E-state index contributed by atoms with van der Waals surface area (Å²) in [4.78, 5) is 21.2. The van der Waals surface area contributed by atoms with Gasteiger partial charge in [-0.05, 0) is 24.3 Å². The van der Waals surface area contributed by atoms with Crippen LogP contribution in [0.5, 0.6) is 0 Å². The summed E-state index contributed by atoms with van der Waals surface area (Å²) >= 11 is 7.38. The molecule has 0 aliphatic heterocycles. The molecule has 3 heterocycles. The fourth-order valence-corrected chi connectivity index (χ4v) is 3.33. The smallest absolute Gasteiger partial charge is 0.232 e. The van der Waals surface area contributed by atoms with Gasteiger partial charge in [0.25, 0.3) is 0 Å². The Morgan fingerprint density at radius 1 is 1.20 bits per heavy atom. The number of carbonyl (C=O) groups is 1. The first-order valence-corrected chi connectivity index (χ1v) is 8.88. The van der Waals surface area contributed by atoms with Gasteiger partial charge in [-0.2, -0.15) is 0 Å². The van der Waals surface area contributed by atoms with E-state index < -0.39 is 0 Å². The summed E-state index contributed by atoms with van der Waals surface area (Å²) in [5.74, 6) is -0.129. The number of aromatic nitrogens is 3. The predicted octanol–water partition coefficient (Wildman–Crippen LogP) is 4.29. The Hall–Kier alpha value is -2.70. The SMILES string of the molecule is O=C(Cc1c(-c2ccc(Cl)cc2)nc2ccccn12)Nc1nccs1. The van der Waals surface area contributed by atoms with Gasteiger partial charge in [0, 0.05) is 28.4 Å². The minimum Gasteiger partial charge on any atom is -0.303 e. The molecule has 4 aromatic rings. The second-order valence-corrected chi connectivity index (χ2v) is 6.74. The van der Waals surface area contributed by atoms with Crippen LogP contribution in [0.25, 0.3) is 16.9 Å². The second kappa shape index (κ2) is 6.66. The predicted molar refractivity (Wildman–Crippen MR) is 100 cm³/mol. The van der Waals surface area contributed by atoms with Gasteiger partial charge in [-0.1, -0.05) is 29.8 Å². The van der Waals surface area contributed by atoms with E-state index in [9.17, 15) is 4.79 Å². The zero-order valence-electron chi connectivity index (χ0n) is 13.0. The number of fused-ring (bicyclic) bond motifs is 1. The second-order valence-electron chi connectivity index (χ2n) is 5.41. The third-order valence-corrected chi connectivity index (χ3v) is 4.69. The standard InChI is InChI=1S/C18H13ClN4OS/c19-13-6-4-12(5-7-13)17-14(23-9-2-1-3-15(23)21-17)11-16(24)22-18-20-8-10-25-18/h1-10H,11H2,(H,20,22,24). The maximum absolute atomic E-state index is 12.5. The number of nitrogens with one attached hydrogen (secondary N) is 1. The van der Waals surface area contributed by atoms with Gasteiger partial charge in [-0.25, -0.2) is 9.97 Å². The molecule has 0 saturated heterocycles. The maximum Gasteiger partial charge on any atom is 0.232 e. The topological polar surface area (TPSA) is 59.3 Å². The molecule has 0 saturated carbocycles. The lowest BCUT2D eigenvalue weighted by Crippen LogP contribution is -2.15. The summed E-state index contributed by atoms with van der Waals surface area (Å²) in [7, 11) is 0. The summed E-state index contributed by atoms with van der Waals surface area (Å²) < 4.78 is 1.94. The monoisotopic (exact) mass is 368 g/mol. The Balaban J connectivity index is 1.74. The van der Waals surface area contributed by atoms with Crippen LogP contribution in [0.1, 0.15) is 5.69 Å². The number of imidazole rings is 1. The molecule has 7 heteroatoms. The van der Waals surface area contributed by atoms with E-state index in [1.165, 1.54) is 11.3 Å². The molecular weight excluding hydrogens is 356 g/mol. The molecule has 0 unspecified atom stereocenters. The number of rotatable bonds is 4. The van der Waals surface area contributed by atoms with E-state index in [2.05, 4.69) is 15.3 Å². The van der Waals surface area contributed by atoms with Crippen LogP contribution >= 0.6 is 22.9 Å². The van der Waals surface area contributed by atoms with Crippen LogP contribution in [0, 0.1) is 0 Å². The minimum absolute atomic E-state index is 0.129. The van der Waals surface area contributed by atoms with E-state index >= 15 is 0 Å². The normalized spacial score (nSPS) is 10.9. The summed E-state index contributed by atoms with van der Waals surface area (Å²) in [6, 6.07) is 13.2. The molecule has 0 bridgehead atoms. The number of hydrogen-bond donors (Lipinski definition) is 1. The van der Waals surface area contributed by atoms with Crippen LogP contribution < -0.4 is 5.32 Å². The molecule has 0 radical (unpaired) electrons. The van der Waals surface area contributed by atoms with Crippen molar-refractivity contribution in [3.05, 3.63) is 71.0 Å². The number of anilines is 1. The number of carbonyl (C=O) groups excluding carboxylic acids is 1. The summed E-state index contributed by atoms with van der Waals surface area (Å²) in [5.41, 5.74) is 3.32. The van der Waals surface area contributed by atoms with E-state index in [-0.39, 0.29) is 12.3 Å². The lowest BCUT2D eigenvalue weighted by atomic mass is 10.1. The maximum atomic E-state index is 12.5. The molecule has 5 nitrogen and oxygen atoms in total. The third-order valence-electron chi connectivity index (χ3n) is 3.75. The fraction of sp³-hybridized carbons (Fsp3) is 0.0556.